The number of hydrogen-bond donors (Lipinski definition) is 0. The second-order valence-electron chi connectivity index (χ2n) is 10.4. The van der Waals surface area contributed by atoms with E-state index in [1.807, 2.05) is 0 Å². The van der Waals surface area contributed by atoms with E-state index in [-0.39, 0.29) is 0 Å². The van der Waals surface area contributed by atoms with Gasteiger partial charge in [-0.15, -0.1) is 0 Å². The molecule has 1 nitrogen and oxygen atoms in total. The second kappa shape index (κ2) is 8.39. The van der Waals surface area contributed by atoms with Gasteiger partial charge in [0.25, 0.3) is 0 Å². The van der Waals surface area contributed by atoms with Crippen molar-refractivity contribution in [2.75, 3.05) is 0 Å². The van der Waals surface area contributed by atoms with Crippen LogP contribution in [0.5, 0.6) is 0 Å². The van der Waals surface area contributed by atoms with E-state index >= 15 is 0 Å². The standard InChI is InChI=1S/C37H25N/c1-2-8-27-21-28(18-17-24(27)7-1)25-13-15-26(16-14-25)29-19-20-30-23-35-32-10-5-6-12-36(32)38-37(35)33-11-4-3-9-31(33)34(30)22-29/h1-22,35H,23H2. The Labute approximate surface area is 222 Å². The summed E-state index contributed by atoms with van der Waals surface area (Å²) in [6.07, 6.45) is 0.973. The van der Waals surface area contributed by atoms with Crippen molar-refractivity contribution in [1.82, 2.24) is 0 Å². The zero-order valence-electron chi connectivity index (χ0n) is 20.9. The first-order chi connectivity index (χ1) is 18.8. The van der Waals surface area contributed by atoms with Crippen molar-refractivity contribution in [3.8, 4) is 33.4 Å². The van der Waals surface area contributed by atoms with Crippen LogP contribution in [0.15, 0.2) is 138 Å². The van der Waals surface area contributed by atoms with Crippen molar-refractivity contribution in [2.24, 2.45) is 4.99 Å². The third-order valence-electron chi connectivity index (χ3n) is 8.21. The summed E-state index contributed by atoms with van der Waals surface area (Å²) in [6.45, 7) is 0. The average molecular weight is 484 g/mol. The summed E-state index contributed by atoms with van der Waals surface area (Å²) in [5.74, 6) is 0.306. The Bertz CT molecular complexity index is 1890. The van der Waals surface area contributed by atoms with E-state index in [0.29, 0.717) is 5.92 Å². The van der Waals surface area contributed by atoms with E-state index in [4.69, 9.17) is 4.99 Å². The molecule has 0 aromatic heterocycles. The lowest BCUT2D eigenvalue weighted by Gasteiger charge is -2.14. The molecular weight excluding hydrogens is 458 g/mol. The summed E-state index contributed by atoms with van der Waals surface area (Å²) in [7, 11) is 0. The van der Waals surface area contributed by atoms with Crippen LogP contribution in [0.1, 0.15) is 22.6 Å². The minimum atomic E-state index is 0.306. The van der Waals surface area contributed by atoms with Crippen LogP contribution in [0.2, 0.25) is 0 Å². The molecule has 0 spiro atoms. The molecule has 8 rings (SSSR count). The van der Waals surface area contributed by atoms with Crippen molar-refractivity contribution in [3.63, 3.8) is 0 Å². The number of fused-ring (bicyclic) bond motifs is 8. The van der Waals surface area contributed by atoms with Crippen LogP contribution in [-0.2, 0) is 6.42 Å². The fourth-order valence-electron chi connectivity index (χ4n) is 6.26. The van der Waals surface area contributed by atoms with Crippen molar-refractivity contribution in [2.45, 2.75) is 12.3 Å². The highest BCUT2D eigenvalue weighted by Gasteiger charge is 2.33. The maximum absolute atomic E-state index is 5.11. The maximum Gasteiger partial charge on any atom is 0.0672 e. The van der Waals surface area contributed by atoms with E-state index in [9.17, 15) is 0 Å². The van der Waals surface area contributed by atoms with Crippen molar-refractivity contribution in [3.05, 3.63) is 150 Å². The quantitative estimate of drug-likeness (QED) is 0.232. The molecule has 0 saturated carbocycles. The van der Waals surface area contributed by atoms with Crippen LogP contribution in [0.4, 0.5) is 5.69 Å². The van der Waals surface area contributed by atoms with E-state index in [0.717, 1.165) is 12.1 Å². The maximum atomic E-state index is 5.11. The van der Waals surface area contributed by atoms with Crippen LogP contribution in [0.3, 0.4) is 0 Å². The molecular formula is C37H25N. The fraction of sp³-hybridized carbons (Fsp3) is 0.0541. The molecule has 0 bridgehead atoms. The minimum absolute atomic E-state index is 0.306. The molecule has 0 fully saturated rings. The summed E-state index contributed by atoms with van der Waals surface area (Å²) in [5, 5.41) is 2.55. The predicted molar refractivity (Wildman–Crippen MR) is 159 cm³/mol. The molecule has 2 aliphatic rings. The summed E-state index contributed by atoms with van der Waals surface area (Å²) in [6, 6.07) is 48.7. The summed E-state index contributed by atoms with van der Waals surface area (Å²) in [4.78, 5) is 5.11. The van der Waals surface area contributed by atoms with Gasteiger partial charge in [-0.1, -0.05) is 115 Å². The Morgan fingerprint density at radius 1 is 0.474 bits per heavy atom. The Kier molecular flexibility index (Phi) is 4.72. The zero-order valence-corrected chi connectivity index (χ0v) is 20.9. The molecule has 1 heteroatoms. The van der Waals surface area contributed by atoms with Gasteiger partial charge in [0.1, 0.15) is 0 Å². The normalized spacial score (nSPS) is 15.2. The molecule has 1 heterocycles. The first kappa shape index (κ1) is 21.3. The SMILES string of the molecule is c1ccc2c(c1)N=C1c3ccccc3-c3cc(-c4ccc(-c5ccc6ccccc6c5)cc4)ccc3CC12. The predicted octanol–water partition coefficient (Wildman–Crippen LogP) is 9.61. The Hall–Kier alpha value is -4.75. The number of aliphatic imine (C=N–C) groups is 1. The third kappa shape index (κ3) is 3.36. The van der Waals surface area contributed by atoms with Gasteiger partial charge in [0.2, 0.25) is 0 Å². The highest BCUT2D eigenvalue weighted by atomic mass is 14.8. The minimum Gasteiger partial charge on any atom is -0.252 e. The highest BCUT2D eigenvalue weighted by Crippen LogP contribution is 2.46. The van der Waals surface area contributed by atoms with Crippen LogP contribution in [0.25, 0.3) is 44.2 Å². The summed E-state index contributed by atoms with van der Waals surface area (Å²) < 4.78 is 0. The lowest BCUT2D eigenvalue weighted by Crippen LogP contribution is -2.11. The van der Waals surface area contributed by atoms with Gasteiger partial charge in [-0.2, -0.15) is 0 Å². The first-order valence-corrected chi connectivity index (χ1v) is 13.3. The molecule has 6 aromatic rings. The van der Waals surface area contributed by atoms with Crippen LogP contribution < -0.4 is 0 Å². The van der Waals surface area contributed by atoms with Crippen LogP contribution >= 0.6 is 0 Å². The number of para-hydroxylation sites is 1. The average Bonchev–Trinajstić information content (AvgIpc) is 3.29. The van der Waals surface area contributed by atoms with Crippen molar-refractivity contribution >= 4 is 22.2 Å². The van der Waals surface area contributed by atoms with Crippen LogP contribution in [0, 0.1) is 0 Å². The zero-order chi connectivity index (χ0) is 25.1. The Balaban J connectivity index is 1.19. The summed E-state index contributed by atoms with van der Waals surface area (Å²) in [5.41, 5.74) is 13.9. The molecule has 38 heavy (non-hydrogen) atoms. The number of rotatable bonds is 2. The van der Waals surface area contributed by atoms with Gasteiger partial charge < -0.3 is 0 Å². The Morgan fingerprint density at radius 2 is 1.11 bits per heavy atom. The molecule has 6 aromatic carbocycles. The molecule has 1 unspecified atom stereocenters. The molecule has 0 saturated heterocycles. The van der Waals surface area contributed by atoms with E-state index in [1.165, 1.54) is 66.6 Å². The molecule has 0 N–H and O–H groups in total. The van der Waals surface area contributed by atoms with Crippen LogP contribution in [-0.4, -0.2) is 5.71 Å². The number of hydrogen-bond acceptors (Lipinski definition) is 1. The van der Waals surface area contributed by atoms with Crippen molar-refractivity contribution < 1.29 is 0 Å². The molecule has 0 radical (unpaired) electrons. The fourth-order valence-corrected chi connectivity index (χ4v) is 6.26. The largest absolute Gasteiger partial charge is 0.252 e. The van der Waals surface area contributed by atoms with Gasteiger partial charge in [0, 0.05) is 11.5 Å². The van der Waals surface area contributed by atoms with Crippen molar-refractivity contribution in [1.29, 1.82) is 0 Å². The highest BCUT2D eigenvalue weighted by molar-refractivity contribution is 6.14. The smallest absolute Gasteiger partial charge is 0.0672 e. The first-order valence-electron chi connectivity index (χ1n) is 13.3. The topological polar surface area (TPSA) is 12.4 Å². The lowest BCUT2D eigenvalue weighted by molar-refractivity contribution is 0.905. The molecule has 1 aliphatic heterocycles. The molecule has 1 atom stereocenters. The van der Waals surface area contributed by atoms with Gasteiger partial charge in [-0.3, -0.25) is 4.99 Å². The van der Waals surface area contributed by atoms with Gasteiger partial charge in [-0.25, -0.2) is 0 Å². The monoisotopic (exact) mass is 483 g/mol. The van der Waals surface area contributed by atoms with Gasteiger partial charge in [0.05, 0.1) is 11.4 Å². The lowest BCUT2D eigenvalue weighted by atomic mass is 9.88. The van der Waals surface area contributed by atoms with Gasteiger partial charge in [-0.05, 0) is 79.9 Å². The van der Waals surface area contributed by atoms with Gasteiger partial charge >= 0.3 is 0 Å². The molecule has 1 aliphatic carbocycles. The summed E-state index contributed by atoms with van der Waals surface area (Å²) >= 11 is 0. The third-order valence-corrected chi connectivity index (χ3v) is 8.21. The van der Waals surface area contributed by atoms with E-state index in [2.05, 4.69) is 133 Å². The molecule has 178 valence electrons. The van der Waals surface area contributed by atoms with Gasteiger partial charge in [0.15, 0.2) is 0 Å². The number of nitrogens with zero attached hydrogens (tertiary/aromatic N) is 1. The Morgan fingerprint density at radius 3 is 1.95 bits per heavy atom. The second-order valence-corrected chi connectivity index (χ2v) is 10.4. The van der Waals surface area contributed by atoms with E-state index in [1.54, 1.807) is 0 Å². The molecule has 0 amide bonds. The number of benzene rings is 6. The van der Waals surface area contributed by atoms with E-state index < -0.39 is 0 Å².